The van der Waals surface area contributed by atoms with E-state index in [0.29, 0.717) is 16.8 Å². The molecular weight excluding hydrogens is 434 g/mol. The summed E-state index contributed by atoms with van der Waals surface area (Å²) in [6, 6.07) is 22.8. The lowest BCUT2D eigenvalue weighted by Crippen LogP contribution is -2.30. The van der Waals surface area contributed by atoms with Crippen LogP contribution in [-0.4, -0.2) is 30.7 Å². The summed E-state index contributed by atoms with van der Waals surface area (Å²) in [7, 11) is -2.26. The van der Waals surface area contributed by atoms with E-state index in [1.165, 1.54) is 4.31 Å². The second-order valence-electron chi connectivity index (χ2n) is 7.98. The maximum atomic E-state index is 13.5. The molecule has 0 fully saturated rings. The van der Waals surface area contributed by atoms with Crippen LogP contribution in [0.2, 0.25) is 0 Å². The van der Waals surface area contributed by atoms with Gasteiger partial charge in [0.25, 0.3) is 5.91 Å². The van der Waals surface area contributed by atoms with E-state index in [0.717, 1.165) is 16.5 Å². The zero-order valence-corrected chi connectivity index (χ0v) is 19.5. The average Bonchev–Trinajstić information content (AvgIpc) is 2.83. The highest BCUT2D eigenvalue weighted by molar-refractivity contribution is 7.89. The van der Waals surface area contributed by atoms with Crippen molar-refractivity contribution in [2.24, 2.45) is 0 Å². The highest BCUT2D eigenvalue weighted by Gasteiger charge is 2.28. The van der Waals surface area contributed by atoms with E-state index in [4.69, 9.17) is 0 Å². The molecule has 6 nitrogen and oxygen atoms in total. The van der Waals surface area contributed by atoms with Crippen LogP contribution in [0.25, 0.3) is 10.9 Å². The van der Waals surface area contributed by atoms with E-state index >= 15 is 0 Å². The molecule has 0 aliphatic carbocycles. The van der Waals surface area contributed by atoms with E-state index in [1.807, 2.05) is 38.1 Å². The van der Waals surface area contributed by atoms with E-state index in [-0.39, 0.29) is 10.8 Å². The Kier molecular flexibility index (Phi) is 6.26. The highest BCUT2D eigenvalue weighted by Crippen LogP contribution is 2.30. The van der Waals surface area contributed by atoms with Gasteiger partial charge in [0, 0.05) is 35.9 Å². The van der Waals surface area contributed by atoms with Crippen molar-refractivity contribution < 1.29 is 13.2 Å². The number of hydrogen-bond donors (Lipinski definition) is 1. The molecule has 0 spiro atoms. The van der Waals surface area contributed by atoms with Crippen molar-refractivity contribution in [1.29, 1.82) is 0 Å². The monoisotopic (exact) mass is 459 g/mol. The van der Waals surface area contributed by atoms with E-state index in [2.05, 4.69) is 10.3 Å². The van der Waals surface area contributed by atoms with Crippen molar-refractivity contribution in [3.8, 4) is 0 Å². The summed E-state index contributed by atoms with van der Waals surface area (Å²) in [5.74, 6) is -0.224. The molecule has 0 aliphatic heterocycles. The van der Waals surface area contributed by atoms with Gasteiger partial charge in [-0.15, -0.1) is 0 Å². The first-order valence-corrected chi connectivity index (χ1v) is 12.0. The van der Waals surface area contributed by atoms with Crippen molar-refractivity contribution in [2.75, 3.05) is 12.4 Å². The molecule has 1 N–H and O–H groups in total. The summed E-state index contributed by atoms with van der Waals surface area (Å²) in [4.78, 5) is 17.1. The molecule has 3 aromatic carbocycles. The van der Waals surface area contributed by atoms with Crippen molar-refractivity contribution >= 4 is 32.5 Å². The lowest BCUT2D eigenvalue weighted by molar-refractivity contribution is 0.102. The van der Waals surface area contributed by atoms with Crippen molar-refractivity contribution in [3.05, 3.63) is 102 Å². The third-order valence-corrected chi connectivity index (χ3v) is 7.64. The summed E-state index contributed by atoms with van der Waals surface area (Å²) >= 11 is 0. The molecule has 7 heteroatoms. The van der Waals surface area contributed by atoms with Crippen LogP contribution in [0.15, 0.2) is 90.0 Å². The Morgan fingerprint density at radius 2 is 1.70 bits per heavy atom. The average molecular weight is 460 g/mol. The van der Waals surface area contributed by atoms with Gasteiger partial charge in [0.2, 0.25) is 10.0 Å². The second kappa shape index (κ2) is 9.13. The fourth-order valence-electron chi connectivity index (χ4n) is 3.69. The summed E-state index contributed by atoms with van der Waals surface area (Å²) in [5, 5.41) is 3.66. The molecule has 1 heterocycles. The number of amides is 1. The molecule has 0 saturated heterocycles. The lowest BCUT2D eigenvalue weighted by atomic mass is 10.1. The molecule has 0 aliphatic rings. The number of aryl methyl sites for hydroxylation is 1. The van der Waals surface area contributed by atoms with Gasteiger partial charge >= 0.3 is 0 Å². The Morgan fingerprint density at radius 3 is 2.45 bits per heavy atom. The molecule has 1 unspecified atom stereocenters. The van der Waals surface area contributed by atoms with E-state index in [9.17, 15) is 13.2 Å². The third kappa shape index (κ3) is 4.65. The Morgan fingerprint density at radius 1 is 0.970 bits per heavy atom. The predicted octanol–water partition coefficient (Wildman–Crippen LogP) is 5.18. The van der Waals surface area contributed by atoms with E-state index < -0.39 is 16.1 Å². The molecule has 0 bridgehead atoms. The molecule has 4 aromatic rings. The minimum atomic E-state index is -3.82. The van der Waals surface area contributed by atoms with Gasteiger partial charge in [-0.25, -0.2) is 8.42 Å². The molecule has 4 rings (SSSR count). The van der Waals surface area contributed by atoms with Crippen LogP contribution < -0.4 is 5.32 Å². The van der Waals surface area contributed by atoms with Crippen LogP contribution in [0.4, 0.5) is 5.69 Å². The minimum absolute atomic E-state index is 0.169. The molecule has 0 radical (unpaired) electrons. The Bertz CT molecular complexity index is 1420. The third-order valence-electron chi connectivity index (χ3n) is 5.68. The normalized spacial score (nSPS) is 12.6. The van der Waals surface area contributed by atoms with Gasteiger partial charge in [-0.1, -0.05) is 42.5 Å². The fraction of sp³-hybridized carbons (Fsp3) is 0.154. The molecular formula is C26H25N3O3S. The van der Waals surface area contributed by atoms with E-state index in [1.54, 1.807) is 67.8 Å². The first-order chi connectivity index (χ1) is 15.8. The number of sulfonamides is 1. The van der Waals surface area contributed by atoms with Crippen LogP contribution in [0.1, 0.15) is 34.5 Å². The summed E-state index contributed by atoms with van der Waals surface area (Å²) in [6.07, 6.45) is 1.67. The van der Waals surface area contributed by atoms with Gasteiger partial charge in [0.1, 0.15) is 4.90 Å². The standard InChI is InChI=1S/C26H25N3O3S/c1-18-15-22-12-8-14-24(25(22)27-17-18)33(31,32)29(3)19(2)21-11-7-13-23(16-21)28-26(30)20-9-5-4-6-10-20/h4-17,19H,1-3H3,(H,28,30). The number of anilines is 1. The Balaban J connectivity index is 1.61. The number of carbonyl (C=O) groups excluding carboxylic acids is 1. The van der Waals surface area contributed by atoms with Gasteiger partial charge in [0.15, 0.2) is 0 Å². The molecule has 33 heavy (non-hydrogen) atoms. The Labute approximate surface area is 194 Å². The second-order valence-corrected chi connectivity index (χ2v) is 9.95. The van der Waals surface area contributed by atoms with Crippen LogP contribution in [0.3, 0.4) is 0 Å². The zero-order valence-electron chi connectivity index (χ0n) is 18.7. The van der Waals surface area contributed by atoms with Crippen molar-refractivity contribution in [1.82, 2.24) is 9.29 Å². The first-order valence-electron chi connectivity index (χ1n) is 10.6. The van der Waals surface area contributed by atoms with Gasteiger partial charge in [0.05, 0.1) is 5.52 Å². The number of para-hydroxylation sites is 1. The number of hydrogen-bond acceptors (Lipinski definition) is 4. The van der Waals surface area contributed by atoms with Crippen molar-refractivity contribution in [3.63, 3.8) is 0 Å². The number of fused-ring (bicyclic) bond motifs is 1. The number of nitrogens with one attached hydrogen (secondary N) is 1. The Hall–Kier alpha value is -3.55. The van der Waals surface area contributed by atoms with Crippen LogP contribution in [0.5, 0.6) is 0 Å². The summed E-state index contributed by atoms with van der Waals surface area (Å²) in [6.45, 7) is 3.74. The minimum Gasteiger partial charge on any atom is -0.322 e. The first kappa shape index (κ1) is 22.6. The van der Waals surface area contributed by atoms with Crippen molar-refractivity contribution in [2.45, 2.75) is 24.8 Å². The molecule has 1 atom stereocenters. The van der Waals surface area contributed by atoms with Crippen LogP contribution in [-0.2, 0) is 10.0 Å². The lowest BCUT2D eigenvalue weighted by Gasteiger charge is -2.25. The number of rotatable bonds is 6. The predicted molar refractivity (Wildman–Crippen MR) is 131 cm³/mol. The highest BCUT2D eigenvalue weighted by atomic mass is 32.2. The quantitative estimate of drug-likeness (QED) is 0.431. The van der Waals surface area contributed by atoms with Crippen LogP contribution in [0, 0.1) is 6.92 Å². The maximum absolute atomic E-state index is 13.5. The fourth-order valence-corrected chi connectivity index (χ4v) is 5.21. The summed E-state index contributed by atoms with van der Waals surface area (Å²) in [5.41, 5.74) is 3.32. The SMILES string of the molecule is Cc1cnc2c(S(=O)(=O)N(C)C(C)c3cccc(NC(=O)c4ccccc4)c3)cccc2c1. The largest absolute Gasteiger partial charge is 0.322 e. The molecule has 1 amide bonds. The number of pyridine rings is 1. The smallest absolute Gasteiger partial charge is 0.255 e. The van der Waals surface area contributed by atoms with Gasteiger partial charge in [-0.05, 0) is 61.4 Å². The number of benzene rings is 3. The maximum Gasteiger partial charge on any atom is 0.255 e. The topological polar surface area (TPSA) is 79.4 Å². The zero-order chi connectivity index (χ0) is 23.6. The number of carbonyl (C=O) groups is 1. The molecule has 1 aromatic heterocycles. The number of nitrogens with zero attached hydrogens (tertiary/aromatic N) is 2. The van der Waals surface area contributed by atoms with Crippen LogP contribution >= 0.6 is 0 Å². The molecule has 168 valence electrons. The van der Waals surface area contributed by atoms with Gasteiger partial charge < -0.3 is 5.32 Å². The summed E-state index contributed by atoms with van der Waals surface area (Å²) < 4.78 is 28.4. The van der Waals surface area contributed by atoms with Gasteiger partial charge in [-0.2, -0.15) is 4.31 Å². The number of aromatic nitrogens is 1. The molecule has 0 saturated carbocycles. The van der Waals surface area contributed by atoms with Gasteiger partial charge in [-0.3, -0.25) is 9.78 Å².